The standard InChI is InChI=1S/C14H23N3O3S/c1-4-11-13(21-17-16-11)14(20)15-8-7-10(9(2)3)5-6-12(18)19/h9-10H,4-8H2,1-3H3,(H,15,20)(H,18,19). The molecule has 0 radical (unpaired) electrons. The Hall–Kier alpha value is -1.50. The van der Waals surface area contributed by atoms with Crippen LogP contribution in [-0.2, 0) is 11.2 Å². The molecule has 1 aromatic rings. The van der Waals surface area contributed by atoms with E-state index >= 15 is 0 Å². The normalized spacial score (nSPS) is 12.4. The fraction of sp³-hybridized carbons (Fsp3) is 0.714. The lowest BCUT2D eigenvalue weighted by atomic mass is 9.88. The van der Waals surface area contributed by atoms with Crippen molar-refractivity contribution in [1.29, 1.82) is 0 Å². The fourth-order valence-electron chi connectivity index (χ4n) is 2.18. The summed E-state index contributed by atoms with van der Waals surface area (Å²) >= 11 is 1.11. The first kappa shape index (κ1) is 17.6. The molecule has 0 saturated heterocycles. The van der Waals surface area contributed by atoms with Gasteiger partial charge in [-0.1, -0.05) is 25.3 Å². The Balaban J connectivity index is 2.43. The molecule has 0 aromatic carbocycles. The highest BCUT2D eigenvalue weighted by Gasteiger charge is 2.17. The number of amides is 1. The minimum atomic E-state index is -0.770. The molecule has 21 heavy (non-hydrogen) atoms. The lowest BCUT2D eigenvalue weighted by Crippen LogP contribution is -2.27. The van der Waals surface area contributed by atoms with Crippen LogP contribution in [0, 0.1) is 11.8 Å². The predicted octanol–water partition coefficient (Wildman–Crippen LogP) is 2.36. The van der Waals surface area contributed by atoms with E-state index in [9.17, 15) is 9.59 Å². The molecule has 2 N–H and O–H groups in total. The van der Waals surface area contributed by atoms with E-state index in [-0.39, 0.29) is 12.3 Å². The SMILES string of the molecule is CCc1nnsc1C(=O)NCCC(CCC(=O)O)C(C)C. The molecule has 1 unspecified atom stereocenters. The molecule has 1 aromatic heterocycles. The number of carbonyl (C=O) groups is 2. The van der Waals surface area contributed by atoms with Gasteiger partial charge in [0.05, 0.1) is 5.69 Å². The summed E-state index contributed by atoms with van der Waals surface area (Å²) in [4.78, 5) is 23.3. The van der Waals surface area contributed by atoms with Crippen LogP contribution in [0.25, 0.3) is 0 Å². The molecule has 0 aliphatic rings. The summed E-state index contributed by atoms with van der Waals surface area (Å²) in [6.45, 7) is 6.64. The third-order valence-electron chi connectivity index (χ3n) is 3.57. The Bertz CT molecular complexity index is 474. The molecule has 0 saturated carbocycles. The minimum absolute atomic E-state index is 0.136. The predicted molar refractivity (Wildman–Crippen MR) is 81.4 cm³/mol. The number of nitrogens with one attached hydrogen (secondary N) is 1. The molecule has 1 rings (SSSR count). The highest BCUT2D eigenvalue weighted by molar-refractivity contribution is 7.08. The van der Waals surface area contributed by atoms with Gasteiger partial charge in [0.25, 0.3) is 5.91 Å². The number of hydrogen-bond donors (Lipinski definition) is 2. The summed E-state index contributed by atoms with van der Waals surface area (Å²) in [5.41, 5.74) is 0.726. The van der Waals surface area contributed by atoms with Crippen LogP contribution in [0.5, 0.6) is 0 Å². The van der Waals surface area contributed by atoms with Gasteiger partial charge in [0.15, 0.2) is 0 Å². The van der Waals surface area contributed by atoms with E-state index in [0.717, 1.165) is 23.6 Å². The maximum absolute atomic E-state index is 12.0. The second-order valence-electron chi connectivity index (χ2n) is 5.38. The Morgan fingerprint density at radius 2 is 2.05 bits per heavy atom. The van der Waals surface area contributed by atoms with E-state index < -0.39 is 5.97 Å². The molecule has 6 nitrogen and oxygen atoms in total. The third kappa shape index (κ3) is 5.79. The average Bonchev–Trinajstić information content (AvgIpc) is 2.90. The molecule has 0 bridgehead atoms. The smallest absolute Gasteiger partial charge is 0.303 e. The van der Waals surface area contributed by atoms with Gasteiger partial charge in [0.1, 0.15) is 4.88 Å². The van der Waals surface area contributed by atoms with Gasteiger partial charge in [-0.05, 0) is 42.6 Å². The monoisotopic (exact) mass is 313 g/mol. The van der Waals surface area contributed by atoms with Crippen molar-refractivity contribution in [3.63, 3.8) is 0 Å². The van der Waals surface area contributed by atoms with Crippen LogP contribution in [0.2, 0.25) is 0 Å². The topological polar surface area (TPSA) is 92.2 Å². The number of carbonyl (C=O) groups excluding carboxylic acids is 1. The number of hydrogen-bond acceptors (Lipinski definition) is 5. The zero-order valence-electron chi connectivity index (χ0n) is 12.8. The first-order valence-corrected chi connectivity index (χ1v) is 8.04. The van der Waals surface area contributed by atoms with Crippen LogP contribution >= 0.6 is 11.5 Å². The molecular weight excluding hydrogens is 290 g/mol. The van der Waals surface area contributed by atoms with Crippen molar-refractivity contribution in [2.24, 2.45) is 11.8 Å². The second kappa shape index (κ2) is 8.71. The summed E-state index contributed by atoms with van der Waals surface area (Å²) in [5.74, 6) is -0.209. The fourth-order valence-corrected chi connectivity index (χ4v) is 2.85. The van der Waals surface area contributed by atoms with Crippen LogP contribution in [0.1, 0.15) is 55.4 Å². The van der Waals surface area contributed by atoms with Crippen molar-refractivity contribution < 1.29 is 14.7 Å². The third-order valence-corrected chi connectivity index (χ3v) is 4.34. The van der Waals surface area contributed by atoms with E-state index in [1.165, 1.54) is 0 Å². The molecule has 0 aliphatic carbocycles. The van der Waals surface area contributed by atoms with E-state index in [2.05, 4.69) is 28.8 Å². The first-order chi connectivity index (χ1) is 9.95. The van der Waals surface area contributed by atoms with Crippen LogP contribution in [0.4, 0.5) is 0 Å². The molecule has 0 fully saturated rings. The largest absolute Gasteiger partial charge is 0.481 e. The number of aliphatic carboxylic acids is 1. The van der Waals surface area contributed by atoms with Gasteiger partial charge in [-0.15, -0.1) is 5.10 Å². The van der Waals surface area contributed by atoms with Crippen molar-refractivity contribution in [3.8, 4) is 0 Å². The number of rotatable bonds is 9. The summed E-state index contributed by atoms with van der Waals surface area (Å²) in [5, 5.41) is 15.6. The molecule has 0 spiro atoms. The summed E-state index contributed by atoms with van der Waals surface area (Å²) in [6.07, 6.45) is 2.29. The first-order valence-electron chi connectivity index (χ1n) is 7.26. The Morgan fingerprint density at radius 1 is 1.33 bits per heavy atom. The number of carboxylic acids is 1. The van der Waals surface area contributed by atoms with Gasteiger partial charge in [0.2, 0.25) is 0 Å². The lowest BCUT2D eigenvalue weighted by molar-refractivity contribution is -0.137. The van der Waals surface area contributed by atoms with Gasteiger partial charge in [0, 0.05) is 13.0 Å². The Kier molecular flexibility index (Phi) is 7.28. The lowest BCUT2D eigenvalue weighted by Gasteiger charge is -2.20. The van der Waals surface area contributed by atoms with Gasteiger partial charge in [-0.3, -0.25) is 9.59 Å². The molecule has 1 atom stereocenters. The maximum atomic E-state index is 12.0. The van der Waals surface area contributed by atoms with Crippen molar-refractivity contribution in [2.45, 2.75) is 46.5 Å². The summed E-state index contributed by atoms with van der Waals surface area (Å²) < 4.78 is 3.80. The van der Waals surface area contributed by atoms with Gasteiger partial charge < -0.3 is 10.4 Å². The van der Waals surface area contributed by atoms with E-state index in [4.69, 9.17) is 5.11 Å². The molecule has 118 valence electrons. The Labute approximate surface area is 129 Å². The molecule has 0 aliphatic heterocycles. The highest BCUT2D eigenvalue weighted by atomic mass is 32.1. The number of carboxylic acid groups (broad SMARTS) is 1. The minimum Gasteiger partial charge on any atom is -0.481 e. The number of nitrogens with zero attached hydrogens (tertiary/aromatic N) is 2. The molecular formula is C14H23N3O3S. The second-order valence-corrected chi connectivity index (χ2v) is 6.14. The van der Waals surface area contributed by atoms with Crippen LogP contribution in [-0.4, -0.2) is 33.1 Å². The van der Waals surface area contributed by atoms with E-state index in [0.29, 0.717) is 36.1 Å². The molecule has 1 heterocycles. The van der Waals surface area contributed by atoms with Crippen LogP contribution in [0.3, 0.4) is 0 Å². The van der Waals surface area contributed by atoms with Crippen molar-refractivity contribution in [1.82, 2.24) is 14.9 Å². The zero-order valence-corrected chi connectivity index (χ0v) is 13.6. The summed E-state index contributed by atoms with van der Waals surface area (Å²) in [7, 11) is 0. The van der Waals surface area contributed by atoms with Crippen molar-refractivity contribution in [3.05, 3.63) is 10.6 Å². The van der Waals surface area contributed by atoms with Crippen LogP contribution in [0.15, 0.2) is 0 Å². The molecule has 7 heteroatoms. The quantitative estimate of drug-likeness (QED) is 0.730. The highest BCUT2D eigenvalue weighted by Crippen LogP contribution is 2.20. The summed E-state index contributed by atoms with van der Waals surface area (Å²) in [6, 6.07) is 0. The van der Waals surface area contributed by atoms with Gasteiger partial charge in [-0.2, -0.15) is 0 Å². The molecule has 1 amide bonds. The van der Waals surface area contributed by atoms with E-state index in [1.807, 2.05) is 6.92 Å². The number of aromatic nitrogens is 2. The van der Waals surface area contributed by atoms with Crippen LogP contribution < -0.4 is 5.32 Å². The number of aryl methyl sites for hydroxylation is 1. The van der Waals surface area contributed by atoms with E-state index in [1.54, 1.807) is 0 Å². The van der Waals surface area contributed by atoms with Gasteiger partial charge >= 0.3 is 5.97 Å². The Morgan fingerprint density at radius 3 is 2.62 bits per heavy atom. The zero-order chi connectivity index (χ0) is 15.8. The maximum Gasteiger partial charge on any atom is 0.303 e. The van der Waals surface area contributed by atoms with Gasteiger partial charge in [-0.25, -0.2) is 0 Å². The average molecular weight is 313 g/mol. The van der Waals surface area contributed by atoms with Crippen molar-refractivity contribution >= 4 is 23.4 Å². The van der Waals surface area contributed by atoms with Crippen molar-refractivity contribution in [2.75, 3.05) is 6.54 Å².